The van der Waals surface area contributed by atoms with Crippen LogP contribution in [0.4, 0.5) is 0 Å². The molecule has 0 heterocycles. The summed E-state index contributed by atoms with van der Waals surface area (Å²) in [5.74, 6) is -0.419. The van der Waals surface area contributed by atoms with Crippen molar-refractivity contribution in [3.63, 3.8) is 0 Å². The maximum absolute atomic E-state index is 12.8. The van der Waals surface area contributed by atoms with Crippen molar-refractivity contribution >= 4 is 13.7 Å². The van der Waals surface area contributed by atoms with E-state index in [1.54, 1.807) is 0 Å². The zero-order chi connectivity index (χ0) is 36.3. The molecule has 0 radical (unpaired) electrons. The lowest BCUT2D eigenvalue weighted by molar-refractivity contribution is -0.125. The van der Waals surface area contributed by atoms with Crippen LogP contribution in [0.25, 0.3) is 0 Å². The lowest BCUT2D eigenvalue weighted by Gasteiger charge is -2.25. The summed E-state index contributed by atoms with van der Waals surface area (Å²) < 4.78 is 22.0. The fraction of sp³-hybridized carbons (Fsp3) is 0.923. The molecule has 0 aliphatic rings. The quantitative estimate of drug-likeness (QED) is 0.0240. The summed E-state index contributed by atoms with van der Waals surface area (Å²) in [5.41, 5.74) is 5.35. The van der Waals surface area contributed by atoms with Crippen LogP contribution >= 0.6 is 7.82 Å². The molecule has 0 aromatic heterocycles. The van der Waals surface area contributed by atoms with E-state index in [9.17, 15) is 24.5 Å². The minimum Gasteiger partial charge on any atom is -0.393 e. The minimum atomic E-state index is -4.36. The van der Waals surface area contributed by atoms with Gasteiger partial charge in [-0.25, -0.2) is 4.57 Å². The van der Waals surface area contributed by atoms with Crippen molar-refractivity contribution < 1.29 is 33.5 Å². The second kappa shape index (κ2) is 35.6. The second-order valence-corrected chi connectivity index (χ2v) is 15.5. The van der Waals surface area contributed by atoms with Crippen molar-refractivity contribution in [3.05, 3.63) is 12.2 Å². The fourth-order valence-corrected chi connectivity index (χ4v) is 6.82. The molecule has 0 rings (SSSR count). The van der Waals surface area contributed by atoms with Crippen LogP contribution in [0.1, 0.15) is 194 Å². The molecule has 292 valence electrons. The lowest BCUT2D eigenvalue weighted by Crippen LogP contribution is -2.47. The van der Waals surface area contributed by atoms with E-state index in [-0.39, 0.29) is 26.2 Å². The van der Waals surface area contributed by atoms with E-state index in [4.69, 9.17) is 14.8 Å². The number of phosphoric acid groups is 1. The zero-order valence-corrected chi connectivity index (χ0v) is 32.7. The Morgan fingerprint density at radius 2 is 1.10 bits per heavy atom. The predicted molar refractivity (Wildman–Crippen MR) is 204 cm³/mol. The molecule has 0 saturated carbocycles. The van der Waals surface area contributed by atoms with Crippen molar-refractivity contribution in [3.8, 4) is 0 Å². The first-order valence-electron chi connectivity index (χ1n) is 20.4. The lowest BCUT2D eigenvalue weighted by atomic mass is 10.0. The van der Waals surface area contributed by atoms with Gasteiger partial charge < -0.3 is 26.2 Å². The molecule has 1 amide bonds. The van der Waals surface area contributed by atoms with Gasteiger partial charge in [0, 0.05) is 6.54 Å². The molecule has 9 nitrogen and oxygen atoms in total. The SMILES string of the molecule is CCCCCCCCCCC/C=C\CCCCCCCC(O)CC(=O)NC(COP(=O)(O)OCCN)C(O)CCCCCCCCCCC. The Labute approximate surface area is 301 Å². The van der Waals surface area contributed by atoms with Gasteiger partial charge in [-0.2, -0.15) is 0 Å². The Morgan fingerprint density at radius 1 is 0.673 bits per heavy atom. The van der Waals surface area contributed by atoms with Gasteiger partial charge in [0.15, 0.2) is 0 Å². The van der Waals surface area contributed by atoms with E-state index < -0.39 is 32.0 Å². The molecule has 0 saturated heterocycles. The van der Waals surface area contributed by atoms with Crippen LogP contribution in [-0.4, -0.2) is 59.0 Å². The number of carbonyl (C=O) groups is 1. The van der Waals surface area contributed by atoms with E-state index in [2.05, 4.69) is 31.3 Å². The van der Waals surface area contributed by atoms with Gasteiger partial charge in [-0.3, -0.25) is 13.8 Å². The maximum atomic E-state index is 12.8. The van der Waals surface area contributed by atoms with Crippen molar-refractivity contribution in [1.82, 2.24) is 5.32 Å². The first-order chi connectivity index (χ1) is 23.8. The highest BCUT2D eigenvalue weighted by Crippen LogP contribution is 2.43. The highest BCUT2D eigenvalue weighted by Gasteiger charge is 2.28. The van der Waals surface area contributed by atoms with Crippen molar-refractivity contribution in [2.75, 3.05) is 19.8 Å². The summed E-state index contributed by atoms with van der Waals surface area (Å²) in [7, 11) is -4.36. The van der Waals surface area contributed by atoms with Crippen LogP contribution in [0.15, 0.2) is 12.2 Å². The van der Waals surface area contributed by atoms with E-state index >= 15 is 0 Å². The van der Waals surface area contributed by atoms with Crippen LogP contribution in [0.5, 0.6) is 0 Å². The van der Waals surface area contributed by atoms with E-state index in [0.29, 0.717) is 12.8 Å². The third-order valence-corrected chi connectivity index (χ3v) is 10.2. The number of carbonyl (C=O) groups excluding carboxylic acids is 1. The second-order valence-electron chi connectivity index (χ2n) is 14.0. The molecule has 0 bridgehead atoms. The van der Waals surface area contributed by atoms with Gasteiger partial charge >= 0.3 is 7.82 Å². The highest BCUT2D eigenvalue weighted by molar-refractivity contribution is 7.47. The van der Waals surface area contributed by atoms with Crippen molar-refractivity contribution in [2.24, 2.45) is 5.73 Å². The Hall–Kier alpha value is -0.800. The van der Waals surface area contributed by atoms with Crippen molar-refractivity contribution in [2.45, 2.75) is 212 Å². The van der Waals surface area contributed by atoms with Gasteiger partial charge in [0.25, 0.3) is 0 Å². The van der Waals surface area contributed by atoms with Gasteiger partial charge in [-0.15, -0.1) is 0 Å². The smallest absolute Gasteiger partial charge is 0.393 e. The Balaban J connectivity index is 4.22. The number of nitrogens with two attached hydrogens (primary N) is 1. The normalized spacial score (nSPS) is 15.0. The summed E-state index contributed by atoms with van der Waals surface area (Å²) in [5, 5.41) is 24.0. The summed E-state index contributed by atoms with van der Waals surface area (Å²) in [4.78, 5) is 22.7. The fourth-order valence-electron chi connectivity index (χ4n) is 6.06. The first kappa shape index (κ1) is 48.2. The molecular weight excluding hydrogens is 639 g/mol. The molecule has 0 aromatic rings. The molecule has 49 heavy (non-hydrogen) atoms. The molecule has 4 atom stereocenters. The third-order valence-electron chi connectivity index (χ3n) is 9.17. The van der Waals surface area contributed by atoms with E-state index in [0.717, 1.165) is 44.9 Å². The van der Waals surface area contributed by atoms with E-state index in [1.165, 1.54) is 116 Å². The molecule has 4 unspecified atom stereocenters. The highest BCUT2D eigenvalue weighted by atomic mass is 31.2. The Kier molecular flexibility index (Phi) is 35.0. The largest absolute Gasteiger partial charge is 0.472 e. The summed E-state index contributed by atoms with van der Waals surface area (Å²) >= 11 is 0. The van der Waals surface area contributed by atoms with Crippen LogP contribution in [0.2, 0.25) is 0 Å². The monoisotopic (exact) mass is 719 g/mol. The minimum absolute atomic E-state index is 0.0595. The number of nitrogens with one attached hydrogen (secondary N) is 1. The van der Waals surface area contributed by atoms with Crippen LogP contribution in [-0.2, 0) is 18.4 Å². The van der Waals surface area contributed by atoms with Gasteiger partial charge in [-0.05, 0) is 38.5 Å². The zero-order valence-electron chi connectivity index (χ0n) is 31.8. The average Bonchev–Trinajstić information content (AvgIpc) is 3.07. The topological polar surface area (TPSA) is 151 Å². The maximum Gasteiger partial charge on any atom is 0.472 e. The average molecular weight is 719 g/mol. The Morgan fingerprint density at radius 3 is 1.57 bits per heavy atom. The molecular formula is C39H79N2O7P. The number of phosphoric ester groups is 1. The summed E-state index contributed by atoms with van der Waals surface area (Å²) in [6.45, 7) is 4.01. The summed E-state index contributed by atoms with van der Waals surface area (Å²) in [6, 6.07) is -0.894. The molecule has 6 N–H and O–H groups in total. The molecule has 0 spiro atoms. The molecule has 10 heteroatoms. The summed E-state index contributed by atoms with van der Waals surface area (Å²) in [6.07, 6.45) is 34.1. The number of hydrogen-bond acceptors (Lipinski definition) is 7. The molecule has 0 aliphatic heterocycles. The molecule has 0 aliphatic carbocycles. The van der Waals surface area contributed by atoms with Gasteiger partial charge in [0.05, 0.1) is 37.9 Å². The van der Waals surface area contributed by atoms with Gasteiger partial charge in [-0.1, -0.05) is 161 Å². The van der Waals surface area contributed by atoms with Crippen LogP contribution in [0.3, 0.4) is 0 Å². The standard InChI is InChI=1S/C39H79N2O7P/c1-3-5-7-9-11-13-14-15-16-17-18-19-20-21-23-24-26-28-30-36(42)34-39(44)41-37(35-48-49(45,46)47-33-32-40)38(43)31-29-27-25-22-12-10-8-6-4-2/h18-19,36-38,42-43H,3-17,20-35,40H2,1-2H3,(H,41,44)(H,45,46)/b19-18-. The van der Waals surface area contributed by atoms with E-state index in [1.807, 2.05) is 0 Å². The number of aliphatic hydroxyl groups excluding tert-OH is 2. The number of hydrogen-bond donors (Lipinski definition) is 5. The van der Waals surface area contributed by atoms with Gasteiger partial charge in [0.2, 0.25) is 5.91 Å². The number of allylic oxidation sites excluding steroid dienone is 2. The number of amides is 1. The Bertz CT molecular complexity index is 801. The van der Waals surface area contributed by atoms with Gasteiger partial charge in [0.1, 0.15) is 0 Å². The van der Waals surface area contributed by atoms with Crippen LogP contribution < -0.4 is 11.1 Å². The van der Waals surface area contributed by atoms with Crippen molar-refractivity contribution in [1.29, 1.82) is 0 Å². The number of aliphatic hydroxyl groups is 2. The number of unbranched alkanes of at least 4 members (excludes halogenated alkanes) is 22. The predicted octanol–water partition coefficient (Wildman–Crippen LogP) is 9.80. The number of rotatable bonds is 38. The molecule has 0 aromatic carbocycles. The first-order valence-corrected chi connectivity index (χ1v) is 21.9. The third kappa shape index (κ3) is 34.1. The molecule has 0 fully saturated rings. The van der Waals surface area contributed by atoms with Crippen LogP contribution in [0, 0.1) is 0 Å².